The number of carboxylic acid groups (broad SMARTS) is 1. The molecule has 3 rings (SSSR count). The Hall–Kier alpha value is -3.82. The minimum absolute atomic E-state index is 0.0526. The topological polar surface area (TPSA) is 90.2 Å². The molecule has 3 aromatic carbocycles. The number of anilines is 1. The molecule has 0 atom stereocenters. The van der Waals surface area contributed by atoms with Crippen molar-refractivity contribution in [3.8, 4) is 6.07 Å². The van der Waals surface area contributed by atoms with Crippen LogP contribution in [0.15, 0.2) is 94.2 Å². The third kappa shape index (κ3) is 5.58. The minimum atomic E-state index is -1.09. The Balaban J connectivity index is 1.72. The van der Waals surface area contributed by atoms with E-state index in [2.05, 4.69) is 5.32 Å². The molecule has 0 aliphatic rings. The number of carbonyl (C=O) groups is 2. The smallest absolute Gasteiger partial charge is 0.335 e. The van der Waals surface area contributed by atoms with E-state index in [4.69, 9.17) is 5.11 Å². The Bertz CT molecular complexity index is 1100. The van der Waals surface area contributed by atoms with Gasteiger partial charge in [0.15, 0.2) is 0 Å². The molecule has 0 aliphatic heterocycles. The third-order valence-corrected chi connectivity index (χ3v) is 4.92. The number of amides is 1. The summed E-state index contributed by atoms with van der Waals surface area (Å²) < 4.78 is 0. The van der Waals surface area contributed by atoms with Crippen LogP contribution >= 0.6 is 11.8 Å². The van der Waals surface area contributed by atoms with Crippen LogP contribution in [0.25, 0.3) is 6.08 Å². The highest BCUT2D eigenvalue weighted by Crippen LogP contribution is 2.27. The Morgan fingerprint density at radius 3 is 2.28 bits per heavy atom. The average molecular weight is 400 g/mol. The minimum Gasteiger partial charge on any atom is -0.478 e. The van der Waals surface area contributed by atoms with Crippen LogP contribution in [-0.4, -0.2) is 17.0 Å². The number of aromatic carboxylic acids is 1. The Morgan fingerprint density at radius 2 is 1.62 bits per heavy atom. The van der Waals surface area contributed by atoms with E-state index in [0.29, 0.717) is 11.3 Å². The van der Waals surface area contributed by atoms with Crippen molar-refractivity contribution in [2.24, 2.45) is 0 Å². The van der Waals surface area contributed by atoms with Gasteiger partial charge in [-0.2, -0.15) is 5.26 Å². The highest BCUT2D eigenvalue weighted by molar-refractivity contribution is 7.99. The zero-order valence-electron chi connectivity index (χ0n) is 15.2. The molecular formula is C23H16N2O3S. The average Bonchev–Trinajstić information content (AvgIpc) is 2.74. The summed E-state index contributed by atoms with van der Waals surface area (Å²) in [5.41, 5.74) is 1.00. The number of hydrogen-bond acceptors (Lipinski definition) is 4. The van der Waals surface area contributed by atoms with E-state index in [-0.39, 0.29) is 11.1 Å². The van der Waals surface area contributed by atoms with Crippen LogP contribution in [0.2, 0.25) is 0 Å². The molecule has 0 saturated carbocycles. The number of nitrogens with zero attached hydrogens (tertiary/aromatic N) is 1. The Labute approximate surface area is 172 Å². The predicted molar refractivity (Wildman–Crippen MR) is 113 cm³/mol. The quantitative estimate of drug-likeness (QED) is 0.445. The van der Waals surface area contributed by atoms with Crippen molar-refractivity contribution in [3.05, 3.63) is 95.6 Å². The van der Waals surface area contributed by atoms with Crippen LogP contribution in [-0.2, 0) is 4.79 Å². The van der Waals surface area contributed by atoms with Crippen molar-refractivity contribution in [2.75, 3.05) is 5.32 Å². The first-order valence-electron chi connectivity index (χ1n) is 8.64. The summed E-state index contributed by atoms with van der Waals surface area (Å²) in [7, 11) is 0. The van der Waals surface area contributed by atoms with E-state index in [1.165, 1.54) is 24.3 Å². The van der Waals surface area contributed by atoms with Crippen LogP contribution < -0.4 is 5.32 Å². The van der Waals surface area contributed by atoms with Gasteiger partial charge in [-0.3, -0.25) is 4.79 Å². The lowest BCUT2D eigenvalue weighted by atomic mass is 10.1. The van der Waals surface area contributed by atoms with E-state index in [0.717, 1.165) is 9.79 Å². The fraction of sp³-hybridized carbons (Fsp3) is 0. The molecule has 1 amide bonds. The van der Waals surface area contributed by atoms with Crippen LogP contribution in [0.5, 0.6) is 0 Å². The zero-order valence-corrected chi connectivity index (χ0v) is 16.0. The highest BCUT2D eigenvalue weighted by atomic mass is 32.2. The normalized spacial score (nSPS) is 10.8. The monoisotopic (exact) mass is 400 g/mol. The molecule has 0 spiro atoms. The maximum Gasteiger partial charge on any atom is 0.335 e. The van der Waals surface area contributed by atoms with E-state index in [1.807, 2.05) is 60.7 Å². The number of benzene rings is 3. The van der Waals surface area contributed by atoms with Crippen LogP contribution in [0.3, 0.4) is 0 Å². The standard InChI is InChI=1S/C23H16N2O3S/c24-15-18(22(26)25-19-6-4-5-17(14-19)23(27)28)13-16-9-11-21(12-10-16)29-20-7-2-1-3-8-20/h1-14H,(H,25,26)(H,27,28)/b18-13-. The Morgan fingerprint density at radius 1 is 0.931 bits per heavy atom. The van der Waals surface area contributed by atoms with Gasteiger partial charge in [-0.25, -0.2) is 4.79 Å². The van der Waals surface area contributed by atoms with Gasteiger partial charge in [0.1, 0.15) is 11.6 Å². The zero-order chi connectivity index (χ0) is 20.6. The first-order valence-corrected chi connectivity index (χ1v) is 9.46. The maximum absolute atomic E-state index is 12.4. The number of carbonyl (C=O) groups excluding carboxylic acids is 1. The van der Waals surface area contributed by atoms with E-state index >= 15 is 0 Å². The Kier molecular flexibility index (Phi) is 6.46. The lowest BCUT2D eigenvalue weighted by Crippen LogP contribution is -2.13. The first kappa shape index (κ1) is 19.9. The SMILES string of the molecule is N#C/C(=C/c1ccc(Sc2ccccc2)cc1)C(=O)Nc1cccc(C(=O)O)c1. The molecule has 0 aromatic heterocycles. The summed E-state index contributed by atoms with van der Waals surface area (Å²) in [5, 5.41) is 20.9. The van der Waals surface area contributed by atoms with E-state index in [1.54, 1.807) is 17.8 Å². The molecule has 3 aromatic rings. The molecule has 0 saturated heterocycles. The fourth-order valence-corrected chi connectivity index (χ4v) is 3.34. The van der Waals surface area contributed by atoms with Crippen molar-refractivity contribution in [1.29, 1.82) is 5.26 Å². The number of carboxylic acids is 1. The molecule has 142 valence electrons. The summed E-state index contributed by atoms with van der Waals surface area (Å²) in [6.07, 6.45) is 1.49. The second kappa shape index (κ2) is 9.40. The largest absolute Gasteiger partial charge is 0.478 e. The summed E-state index contributed by atoms with van der Waals surface area (Å²) in [5.74, 6) is -1.69. The maximum atomic E-state index is 12.4. The molecule has 0 heterocycles. The number of nitrogens with one attached hydrogen (secondary N) is 1. The number of rotatable bonds is 6. The molecule has 0 fully saturated rings. The molecule has 0 aliphatic carbocycles. The van der Waals surface area contributed by atoms with Crippen molar-refractivity contribution in [3.63, 3.8) is 0 Å². The first-order chi connectivity index (χ1) is 14.0. The van der Waals surface area contributed by atoms with Crippen molar-refractivity contribution >= 4 is 35.4 Å². The molecule has 2 N–H and O–H groups in total. The second-order valence-electron chi connectivity index (χ2n) is 5.99. The van der Waals surface area contributed by atoms with Gasteiger partial charge < -0.3 is 10.4 Å². The van der Waals surface area contributed by atoms with Gasteiger partial charge in [-0.15, -0.1) is 0 Å². The van der Waals surface area contributed by atoms with Crippen molar-refractivity contribution in [1.82, 2.24) is 0 Å². The van der Waals surface area contributed by atoms with Gasteiger partial charge in [-0.1, -0.05) is 48.2 Å². The third-order valence-electron chi connectivity index (χ3n) is 3.90. The fourth-order valence-electron chi connectivity index (χ4n) is 2.50. The van der Waals surface area contributed by atoms with Crippen LogP contribution in [0, 0.1) is 11.3 Å². The van der Waals surface area contributed by atoms with Gasteiger partial charge in [0.2, 0.25) is 0 Å². The van der Waals surface area contributed by atoms with Crippen molar-refractivity contribution in [2.45, 2.75) is 9.79 Å². The molecule has 29 heavy (non-hydrogen) atoms. The summed E-state index contributed by atoms with van der Waals surface area (Å²) >= 11 is 1.62. The summed E-state index contributed by atoms with van der Waals surface area (Å²) in [6, 6.07) is 25.2. The predicted octanol–water partition coefficient (Wildman–Crippen LogP) is 5.08. The highest BCUT2D eigenvalue weighted by Gasteiger charge is 2.11. The summed E-state index contributed by atoms with van der Waals surface area (Å²) in [6.45, 7) is 0. The van der Waals surface area contributed by atoms with E-state index in [9.17, 15) is 14.9 Å². The van der Waals surface area contributed by atoms with Crippen LogP contribution in [0.1, 0.15) is 15.9 Å². The molecule has 0 bridgehead atoms. The lowest BCUT2D eigenvalue weighted by Gasteiger charge is -2.06. The number of hydrogen-bond donors (Lipinski definition) is 2. The van der Waals surface area contributed by atoms with Gasteiger partial charge in [0, 0.05) is 15.5 Å². The van der Waals surface area contributed by atoms with Gasteiger partial charge in [-0.05, 0) is 54.1 Å². The molecule has 0 radical (unpaired) electrons. The molecule has 0 unspecified atom stereocenters. The number of nitriles is 1. The van der Waals surface area contributed by atoms with Crippen LogP contribution in [0.4, 0.5) is 5.69 Å². The van der Waals surface area contributed by atoms with Gasteiger partial charge in [0.05, 0.1) is 5.56 Å². The second-order valence-corrected chi connectivity index (χ2v) is 7.14. The van der Waals surface area contributed by atoms with Gasteiger partial charge in [0.25, 0.3) is 5.91 Å². The lowest BCUT2D eigenvalue weighted by molar-refractivity contribution is -0.112. The molecule has 6 heteroatoms. The van der Waals surface area contributed by atoms with Gasteiger partial charge >= 0.3 is 5.97 Å². The molecule has 5 nitrogen and oxygen atoms in total. The molecular weight excluding hydrogens is 384 g/mol. The van der Waals surface area contributed by atoms with E-state index < -0.39 is 11.9 Å². The summed E-state index contributed by atoms with van der Waals surface area (Å²) in [4.78, 5) is 25.6. The van der Waals surface area contributed by atoms with Crippen molar-refractivity contribution < 1.29 is 14.7 Å².